The molecule has 0 bridgehead atoms. The van der Waals surface area contributed by atoms with Crippen molar-refractivity contribution in [3.63, 3.8) is 0 Å². The minimum Gasteiger partial charge on any atom is -0.496 e. The van der Waals surface area contributed by atoms with Gasteiger partial charge < -0.3 is 18.9 Å². The molecule has 0 aliphatic carbocycles. The minimum atomic E-state index is -0.770. The van der Waals surface area contributed by atoms with Crippen LogP contribution in [0.25, 0.3) is 27.8 Å². The van der Waals surface area contributed by atoms with Crippen LogP contribution in [0.2, 0.25) is 0 Å². The Morgan fingerprint density at radius 1 is 0.979 bits per heavy atom. The fraction of sp³-hybridized carbons (Fsp3) is 0.297. The van der Waals surface area contributed by atoms with Crippen molar-refractivity contribution in [2.24, 2.45) is 4.99 Å². The third kappa shape index (κ3) is 5.46. The van der Waals surface area contributed by atoms with Crippen LogP contribution in [-0.4, -0.2) is 52.7 Å². The number of nitrogens with zero attached hydrogens (tertiary/aromatic N) is 4. The molecule has 0 spiro atoms. The number of carbonyl (C=O) groups is 2. The highest BCUT2D eigenvalue weighted by atomic mass is 32.1. The molecule has 1 aliphatic heterocycles. The van der Waals surface area contributed by atoms with Crippen LogP contribution in [0.4, 0.5) is 0 Å². The van der Waals surface area contributed by atoms with Crippen LogP contribution in [0.3, 0.4) is 0 Å². The maximum atomic E-state index is 14.7. The number of para-hydroxylation sites is 1. The molecule has 9 nitrogen and oxygen atoms in total. The third-order valence-electron chi connectivity index (χ3n) is 8.87. The second kappa shape index (κ2) is 13.0. The van der Waals surface area contributed by atoms with E-state index >= 15 is 0 Å². The first kappa shape index (κ1) is 32.0. The highest BCUT2D eigenvalue weighted by Gasteiger charge is 2.36. The van der Waals surface area contributed by atoms with Gasteiger partial charge in [-0.05, 0) is 63.6 Å². The average molecular weight is 651 g/mol. The lowest BCUT2D eigenvalue weighted by Gasteiger charge is -2.30. The van der Waals surface area contributed by atoms with Crippen LogP contribution in [0.5, 0.6) is 5.75 Å². The van der Waals surface area contributed by atoms with Crippen molar-refractivity contribution in [1.29, 1.82) is 0 Å². The van der Waals surface area contributed by atoms with Crippen LogP contribution in [0.1, 0.15) is 50.6 Å². The number of aromatic nitrogens is 2. The van der Waals surface area contributed by atoms with E-state index in [2.05, 4.69) is 0 Å². The van der Waals surface area contributed by atoms with Crippen LogP contribution < -0.4 is 19.6 Å². The summed E-state index contributed by atoms with van der Waals surface area (Å²) in [4.78, 5) is 48.6. The van der Waals surface area contributed by atoms with Gasteiger partial charge in [-0.15, -0.1) is 0 Å². The first-order chi connectivity index (χ1) is 22.7. The van der Waals surface area contributed by atoms with Crippen molar-refractivity contribution in [2.75, 3.05) is 26.8 Å². The lowest BCUT2D eigenvalue weighted by atomic mass is 9.90. The topological polar surface area (TPSA) is 95.1 Å². The fourth-order valence-electron chi connectivity index (χ4n) is 6.60. The molecule has 6 rings (SSSR count). The number of carbonyl (C=O) groups excluding carboxylic acids is 2. The summed E-state index contributed by atoms with van der Waals surface area (Å²) in [5.41, 5.74) is 4.05. The van der Waals surface area contributed by atoms with Gasteiger partial charge in [0.15, 0.2) is 4.80 Å². The standard InChI is InChI=1S/C37H38N4O5S/c1-7-39(8-2)36(44)32-22(4)38-37-41(34(32)33-25-15-11-10-14-24(25)18-19-29(33)45-6)35(43)30(47-37)20-27-23(5)40(21-31(42)46-9-3)28-17-13-12-16-26(27)28/h10-20,34H,7-9,21H2,1-6H3/b30-20+/t34-/m0/s1. The van der Waals surface area contributed by atoms with Crippen LogP contribution >= 0.6 is 11.3 Å². The number of amides is 1. The molecule has 0 saturated carbocycles. The molecule has 2 aromatic heterocycles. The Balaban J connectivity index is 1.64. The first-order valence-electron chi connectivity index (χ1n) is 15.8. The Labute approximate surface area is 276 Å². The summed E-state index contributed by atoms with van der Waals surface area (Å²) in [5.74, 6) is 0.0938. The zero-order valence-electron chi connectivity index (χ0n) is 27.5. The Morgan fingerprint density at radius 2 is 1.68 bits per heavy atom. The molecular formula is C37H38N4O5S. The molecule has 1 atom stereocenters. The van der Waals surface area contributed by atoms with Gasteiger partial charge >= 0.3 is 5.97 Å². The molecule has 1 amide bonds. The highest BCUT2D eigenvalue weighted by molar-refractivity contribution is 7.07. The van der Waals surface area contributed by atoms with Crippen LogP contribution in [0.15, 0.2) is 81.7 Å². The number of fused-ring (bicyclic) bond motifs is 3. The number of hydrogen-bond donors (Lipinski definition) is 0. The number of thiazole rings is 1. The van der Waals surface area contributed by atoms with Crippen LogP contribution in [-0.2, 0) is 20.9 Å². The molecule has 1 aliphatic rings. The molecule has 3 heterocycles. The molecule has 0 saturated heterocycles. The molecule has 0 radical (unpaired) electrons. The number of likely N-dealkylation sites (N-methyl/N-ethyl adjacent to an activating group) is 1. The summed E-state index contributed by atoms with van der Waals surface area (Å²) >= 11 is 1.29. The van der Waals surface area contributed by atoms with E-state index in [0.717, 1.165) is 38.5 Å². The number of rotatable bonds is 9. The zero-order chi connectivity index (χ0) is 33.4. The molecule has 0 fully saturated rings. The zero-order valence-corrected chi connectivity index (χ0v) is 28.3. The number of esters is 1. The van der Waals surface area contributed by atoms with E-state index in [9.17, 15) is 14.4 Å². The summed E-state index contributed by atoms with van der Waals surface area (Å²) in [6.07, 6.45) is 1.88. The van der Waals surface area contributed by atoms with Gasteiger partial charge in [-0.3, -0.25) is 19.0 Å². The van der Waals surface area contributed by atoms with Crippen molar-refractivity contribution in [1.82, 2.24) is 14.0 Å². The fourth-order valence-corrected chi connectivity index (χ4v) is 7.62. The Hall–Kier alpha value is -4.96. The van der Waals surface area contributed by atoms with E-state index in [4.69, 9.17) is 14.5 Å². The van der Waals surface area contributed by atoms with Gasteiger partial charge in [0.05, 0.1) is 29.5 Å². The molecule has 3 aromatic carbocycles. The monoisotopic (exact) mass is 650 g/mol. The van der Waals surface area contributed by atoms with Crippen molar-refractivity contribution >= 4 is 51.0 Å². The van der Waals surface area contributed by atoms with E-state index in [-0.39, 0.29) is 24.0 Å². The van der Waals surface area contributed by atoms with Gasteiger partial charge in [-0.2, -0.15) is 0 Å². The van der Waals surface area contributed by atoms with Crippen molar-refractivity contribution in [3.8, 4) is 5.75 Å². The van der Waals surface area contributed by atoms with Crippen LogP contribution in [0, 0.1) is 6.92 Å². The summed E-state index contributed by atoms with van der Waals surface area (Å²) in [6, 6.07) is 18.9. The second-order valence-electron chi connectivity index (χ2n) is 11.4. The molecular weight excluding hydrogens is 612 g/mol. The van der Waals surface area contributed by atoms with Gasteiger partial charge in [0.25, 0.3) is 11.5 Å². The highest BCUT2D eigenvalue weighted by Crippen LogP contribution is 2.40. The normalized spacial score (nSPS) is 14.8. The summed E-state index contributed by atoms with van der Waals surface area (Å²) < 4.78 is 15.2. The lowest BCUT2D eigenvalue weighted by Crippen LogP contribution is -2.43. The number of allylic oxidation sites excluding steroid dienone is 1. The molecule has 242 valence electrons. The Bertz CT molecular complexity index is 2250. The maximum absolute atomic E-state index is 14.7. The van der Waals surface area contributed by atoms with E-state index in [1.165, 1.54) is 11.3 Å². The smallest absolute Gasteiger partial charge is 0.325 e. The largest absolute Gasteiger partial charge is 0.496 e. The Morgan fingerprint density at radius 3 is 2.38 bits per heavy atom. The quantitative estimate of drug-likeness (QED) is 0.207. The van der Waals surface area contributed by atoms with Crippen molar-refractivity contribution in [2.45, 2.75) is 47.2 Å². The summed E-state index contributed by atoms with van der Waals surface area (Å²) in [7, 11) is 1.61. The summed E-state index contributed by atoms with van der Waals surface area (Å²) in [5, 5.41) is 2.78. The van der Waals surface area contributed by atoms with E-state index in [1.54, 1.807) is 23.5 Å². The number of benzene rings is 3. The van der Waals surface area contributed by atoms with Gasteiger partial charge in [-0.1, -0.05) is 59.9 Å². The molecule has 0 N–H and O–H groups in total. The van der Waals surface area contributed by atoms with Gasteiger partial charge in [0, 0.05) is 40.8 Å². The predicted octanol–water partition coefficient (Wildman–Crippen LogP) is 5.09. The molecule has 5 aromatic rings. The number of ether oxygens (including phenoxy) is 2. The number of hydrogen-bond acceptors (Lipinski definition) is 7. The molecule has 47 heavy (non-hydrogen) atoms. The Kier molecular flexibility index (Phi) is 8.88. The first-order valence-corrected chi connectivity index (χ1v) is 16.7. The van der Waals surface area contributed by atoms with E-state index in [0.29, 0.717) is 46.0 Å². The minimum absolute atomic E-state index is 0.0617. The second-order valence-corrected chi connectivity index (χ2v) is 12.4. The number of methoxy groups -OCH3 is 1. The third-order valence-corrected chi connectivity index (χ3v) is 9.86. The maximum Gasteiger partial charge on any atom is 0.325 e. The van der Waals surface area contributed by atoms with Crippen molar-refractivity contribution in [3.05, 3.63) is 108 Å². The lowest BCUT2D eigenvalue weighted by molar-refractivity contribution is -0.143. The molecule has 0 unspecified atom stereocenters. The SMILES string of the molecule is CCOC(=O)Cn1c(C)c(/C=c2/sc3n(c2=O)[C@H](c2c(OC)ccc4ccccc24)C(C(=O)N(CC)CC)=C(C)N=3)c2ccccc21. The van der Waals surface area contributed by atoms with E-state index < -0.39 is 6.04 Å². The summed E-state index contributed by atoms with van der Waals surface area (Å²) in [6.45, 7) is 10.9. The van der Waals surface area contributed by atoms with Crippen molar-refractivity contribution < 1.29 is 19.1 Å². The van der Waals surface area contributed by atoms with Gasteiger partial charge in [0.2, 0.25) is 0 Å². The predicted molar refractivity (Wildman–Crippen MR) is 186 cm³/mol. The average Bonchev–Trinajstić information content (AvgIpc) is 3.52. The van der Waals surface area contributed by atoms with E-state index in [1.807, 2.05) is 99.0 Å². The van der Waals surface area contributed by atoms with Gasteiger partial charge in [0.1, 0.15) is 18.3 Å². The van der Waals surface area contributed by atoms with Gasteiger partial charge in [-0.25, -0.2) is 4.99 Å². The molecule has 10 heteroatoms.